The molecule has 2 rings (SSSR count). The van der Waals surface area contributed by atoms with Crippen LogP contribution in [0.15, 0.2) is 22.9 Å². The Bertz CT molecular complexity index is 521. The summed E-state index contributed by atoms with van der Waals surface area (Å²) in [4.78, 5) is 18.1. The van der Waals surface area contributed by atoms with Crippen LogP contribution < -0.4 is 5.32 Å². The van der Waals surface area contributed by atoms with Crippen molar-refractivity contribution in [3.63, 3.8) is 0 Å². The SMILES string of the molecule is CC(=O)NCCc1c[nH]c2ncc(Br)cc12. The molecule has 2 heterocycles. The third-order valence-electron chi connectivity index (χ3n) is 2.35. The molecule has 0 atom stereocenters. The van der Waals surface area contributed by atoms with E-state index in [0.29, 0.717) is 6.54 Å². The second-order valence-electron chi connectivity index (χ2n) is 3.60. The number of H-pyrrole nitrogens is 1. The van der Waals surface area contributed by atoms with E-state index >= 15 is 0 Å². The summed E-state index contributed by atoms with van der Waals surface area (Å²) >= 11 is 3.40. The fourth-order valence-electron chi connectivity index (χ4n) is 1.61. The van der Waals surface area contributed by atoms with Gasteiger partial charge in [0.2, 0.25) is 5.91 Å². The number of nitrogens with one attached hydrogen (secondary N) is 2. The third-order valence-corrected chi connectivity index (χ3v) is 2.79. The summed E-state index contributed by atoms with van der Waals surface area (Å²) in [5.74, 6) is -0.000790. The largest absolute Gasteiger partial charge is 0.356 e. The van der Waals surface area contributed by atoms with Gasteiger partial charge in [-0.1, -0.05) is 0 Å². The van der Waals surface area contributed by atoms with E-state index in [1.807, 2.05) is 12.3 Å². The smallest absolute Gasteiger partial charge is 0.216 e. The number of pyridine rings is 1. The first-order chi connectivity index (χ1) is 7.66. The maximum absolute atomic E-state index is 10.8. The summed E-state index contributed by atoms with van der Waals surface area (Å²) < 4.78 is 0.959. The van der Waals surface area contributed by atoms with E-state index in [1.165, 1.54) is 6.92 Å². The van der Waals surface area contributed by atoms with Crippen LogP contribution in [-0.2, 0) is 11.2 Å². The second kappa shape index (κ2) is 4.65. The third kappa shape index (κ3) is 2.41. The first-order valence-corrected chi connectivity index (χ1v) is 5.82. The minimum atomic E-state index is -0.000790. The first-order valence-electron chi connectivity index (χ1n) is 5.03. The highest BCUT2D eigenvalue weighted by Gasteiger charge is 2.05. The number of hydrogen-bond donors (Lipinski definition) is 2. The van der Waals surface area contributed by atoms with Crippen LogP contribution >= 0.6 is 15.9 Å². The summed E-state index contributed by atoms with van der Waals surface area (Å²) in [7, 11) is 0. The minimum Gasteiger partial charge on any atom is -0.356 e. The van der Waals surface area contributed by atoms with Gasteiger partial charge in [0.15, 0.2) is 0 Å². The van der Waals surface area contributed by atoms with Gasteiger partial charge in [0, 0.05) is 35.7 Å². The summed E-state index contributed by atoms with van der Waals surface area (Å²) in [6.07, 6.45) is 4.50. The van der Waals surface area contributed by atoms with E-state index in [2.05, 4.69) is 31.2 Å². The molecule has 0 aromatic carbocycles. The number of aromatic nitrogens is 2. The van der Waals surface area contributed by atoms with Crippen LogP contribution in [0.4, 0.5) is 0 Å². The molecule has 0 aliphatic carbocycles. The van der Waals surface area contributed by atoms with Crippen LogP contribution in [0.25, 0.3) is 11.0 Å². The Morgan fingerprint density at radius 3 is 3.19 bits per heavy atom. The average molecular weight is 282 g/mol. The molecule has 0 aliphatic heterocycles. The number of hydrogen-bond acceptors (Lipinski definition) is 2. The maximum Gasteiger partial charge on any atom is 0.216 e. The minimum absolute atomic E-state index is 0.000790. The molecule has 2 N–H and O–H groups in total. The predicted molar refractivity (Wildman–Crippen MR) is 66.2 cm³/mol. The number of halogens is 1. The van der Waals surface area contributed by atoms with Crippen LogP contribution in [0.5, 0.6) is 0 Å². The standard InChI is InChI=1S/C11H12BrN3O/c1-7(16)13-3-2-8-5-14-11-10(8)4-9(12)6-15-11/h4-6H,2-3H2,1H3,(H,13,16)(H,14,15). The first kappa shape index (κ1) is 11.1. The van der Waals surface area contributed by atoms with Crippen molar-refractivity contribution in [2.75, 3.05) is 6.54 Å². The van der Waals surface area contributed by atoms with Gasteiger partial charge < -0.3 is 10.3 Å². The van der Waals surface area contributed by atoms with E-state index in [0.717, 1.165) is 27.5 Å². The highest BCUT2D eigenvalue weighted by Crippen LogP contribution is 2.20. The zero-order chi connectivity index (χ0) is 11.5. The van der Waals surface area contributed by atoms with Crippen LogP contribution in [0.1, 0.15) is 12.5 Å². The Balaban J connectivity index is 2.17. The molecule has 16 heavy (non-hydrogen) atoms. The Labute approximate surface area is 102 Å². The van der Waals surface area contributed by atoms with Crippen LogP contribution in [-0.4, -0.2) is 22.4 Å². The van der Waals surface area contributed by atoms with E-state index in [1.54, 1.807) is 6.20 Å². The number of aromatic amines is 1. The van der Waals surface area contributed by atoms with Gasteiger partial charge in [-0.05, 0) is 34.0 Å². The molecular weight excluding hydrogens is 270 g/mol. The number of amides is 1. The normalized spacial score (nSPS) is 10.6. The molecule has 1 amide bonds. The summed E-state index contributed by atoms with van der Waals surface area (Å²) in [5.41, 5.74) is 2.04. The van der Waals surface area contributed by atoms with Crippen molar-refractivity contribution >= 4 is 32.9 Å². The molecule has 2 aromatic heterocycles. The van der Waals surface area contributed by atoms with E-state index in [4.69, 9.17) is 0 Å². The van der Waals surface area contributed by atoms with Crippen molar-refractivity contribution in [3.8, 4) is 0 Å². The van der Waals surface area contributed by atoms with Crippen molar-refractivity contribution in [1.29, 1.82) is 0 Å². The zero-order valence-electron chi connectivity index (χ0n) is 8.88. The summed E-state index contributed by atoms with van der Waals surface area (Å²) in [5, 5.41) is 3.88. The van der Waals surface area contributed by atoms with Crippen molar-refractivity contribution < 1.29 is 4.79 Å². The molecule has 84 valence electrons. The molecule has 0 saturated heterocycles. The lowest BCUT2D eigenvalue weighted by atomic mass is 10.1. The molecule has 0 spiro atoms. The van der Waals surface area contributed by atoms with Crippen molar-refractivity contribution in [2.24, 2.45) is 0 Å². The lowest BCUT2D eigenvalue weighted by Gasteiger charge is -2.00. The predicted octanol–water partition coefficient (Wildman–Crippen LogP) is 2.00. The Morgan fingerprint density at radius 1 is 1.62 bits per heavy atom. The fourth-order valence-corrected chi connectivity index (χ4v) is 1.94. The number of carbonyl (C=O) groups excluding carboxylic acids is 1. The van der Waals surface area contributed by atoms with E-state index < -0.39 is 0 Å². The lowest BCUT2D eigenvalue weighted by molar-refractivity contribution is -0.118. The van der Waals surface area contributed by atoms with Gasteiger partial charge in [0.25, 0.3) is 0 Å². The molecule has 0 fully saturated rings. The molecule has 2 aromatic rings. The van der Waals surface area contributed by atoms with E-state index in [9.17, 15) is 4.79 Å². The second-order valence-corrected chi connectivity index (χ2v) is 4.51. The quantitative estimate of drug-likeness (QED) is 0.904. The molecular formula is C11H12BrN3O. The van der Waals surface area contributed by atoms with Crippen molar-refractivity contribution in [3.05, 3.63) is 28.5 Å². The summed E-state index contributed by atoms with van der Waals surface area (Å²) in [6.45, 7) is 2.17. The van der Waals surface area contributed by atoms with Gasteiger partial charge in [-0.3, -0.25) is 4.79 Å². The number of fused-ring (bicyclic) bond motifs is 1. The molecule has 5 heteroatoms. The van der Waals surface area contributed by atoms with Gasteiger partial charge in [0.1, 0.15) is 5.65 Å². The van der Waals surface area contributed by atoms with Crippen LogP contribution in [0.2, 0.25) is 0 Å². The van der Waals surface area contributed by atoms with Gasteiger partial charge in [0.05, 0.1) is 0 Å². The topological polar surface area (TPSA) is 57.8 Å². The van der Waals surface area contributed by atoms with Crippen LogP contribution in [0, 0.1) is 0 Å². The summed E-state index contributed by atoms with van der Waals surface area (Å²) in [6, 6.07) is 2.03. The molecule has 0 bridgehead atoms. The number of nitrogens with zero attached hydrogens (tertiary/aromatic N) is 1. The fraction of sp³-hybridized carbons (Fsp3) is 0.273. The Hall–Kier alpha value is -1.36. The molecule has 0 unspecified atom stereocenters. The Kier molecular flexibility index (Phi) is 3.24. The van der Waals surface area contributed by atoms with Gasteiger partial charge >= 0.3 is 0 Å². The monoisotopic (exact) mass is 281 g/mol. The van der Waals surface area contributed by atoms with Crippen molar-refractivity contribution in [1.82, 2.24) is 15.3 Å². The van der Waals surface area contributed by atoms with E-state index in [-0.39, 0.29) is 5.91 Å². The average Bonchev–Trinajstić information content (AvgIpc) is 2.60. The highest BCUT2D eigenvalue weighted by atomic mass is 79.9. The Morgan fingerprint density at radius 2 is 2.44 bits per heavy atom. The zero-order valence-corrected chi connectivity index (χ0v) is 10.5. The maximum atomic E-state index is 10.8. The number of carbonyl (C=O) groups is 1. The molecule has 0 aliphatic rings. The van der Waals surface area contributed by atoms with Crippen molar-refractivity contribution in [2.45, 2.75) is 13.3 Å². The van der Waals surface area contributed by atoms with Gasteiger partial charge in [-0.2, -0.15) is 0 Å². The number of rotatable bonds is 3. The highest BCUT2D eigenvalue weighted by molar-refractivity contribution is 9.10. The lowest BCUT2D eigenvalue weighted by Crippen LogP contribution is -2.22. The van der Waals surface area contributed by atoms with Crippen LogP contribution in [0.3, 0.4) is 0 Å². The molecule has 0 saturated carbocycles. The molecule has 0 radical (unpaired) electrons. The van der Waals surface area contributed by atoms with Gasteiger partial charge in [-0.15, -0.1) is 0 Å². The van der Waals surface area contributed by atoms with Gasteiger partial charge in [-0.25, -0.2) is 4.98 Å². The molecule has 4 nitrogen and oxygen atoms in total.